The molecule has 0 bridgehead atoms. The van der Waals surface area contributed by atoms with Gasteiger partial charge in [0.05, 0.1) is 17.5 Å². The summed E-state index contributed by atoms with van der Waals surface area (Å²) in [5, 5.41) is 14.9. The predicted molar refractivity (Wildman–Crippen MR) is 79.7 cm³/mol. The lowest BCUT2D eigenvalue weighted by molar-refractivity contribution is 0.129. The van der Waals surface area contributed by atoms with Crippen LogP contribution in [0.15, 0.2) is 41.1 Å². The molecule has 2 aromatic heterocycles. The average molecular weight is 283 g/mol. The van der Waals surface area contributed by atoms with E-state index in [9.17, 15) is 5.11 Å². The van der Waals surface area contributed by atoms with Crippen LogP contribution < -0.4 is 0 Å². The highest BCUT2D eigenvalue weighted by Gasteiger charge is 2.21. The Bertz CT molecular complexity index is 754. The van der Waals surface area contributed by atoms with Gasteiger partial charge >= 0.3 is 0 Å². The molecule has 2 unspecified atom stereocenters. The van der Waals surface area contributed by atoms with Crippen molar-refractivity contribution in [2.24, 2.45) is 0 Å². The third-order valence-corrected chi connectivity index (χ3v) is 3.69. The van der Waals surface area contributed by atoms with Crippen LogP contribution in [0.4, 0.5) is 0 Å². The molecule has 3 rings (SSSR count). The lowest BCUT2D eigenvalue weighted by Crippen LogP contribution is -2.14. The molecule has 108 valence electrons. The molecule has 0 aliphatic rings. The standard InChI is InChI=1S/C16H17N3O2/c1-3-14(20)10(2)16-18-15(19-21-16)12-6-7-13-11(9-12)5-4-8-17-13/h4-10,14,20H,3H2,1-2H3. The second-order valence-corrected chi connectivity index (χ2v) is 5.13. The summed E-state index contributed by atoms with van der Waals surface area (Å²) in [6.07, 6.45) is 1.95. The molecule has 2 atom stereocenters. The fraction of sp³-hybridized carbons (Fsp3) is 0.312. The third-order valence-electron chi connectivity index (χ3n) is 3.69. The fourth-order valence-electron chi connectivity index (χ4n) is 2.27. The van der Waals surface area contributed by atoms with Gasteiger partial charge in [-0.3, -0.25) is 4.98 Å². The normalized spacial score (nSPS) is 14.2. The Morgan fingerprint density at radius 2 is 2.14 bits per heavy atom. The van der Waals surface area contributed by atoms with Crippen molar-refractivity contribution in [2.45, 2.75) is 32.3 Å². The number of rotatable bonds is 4. The lowest BCUT2D eigenvalue weighted by atomic mass is 10.0. The molecule has 0 saturated heterocycles. The van der Waals surface area contributed by atoms with Crippen LogP contribution in [0.25, 0.3) is 22.3 Å². The van der Waals surface area contributed by atoms with Crippen LogP contribution in [0.3, 0.4) is 0 Å². The number of nitrogens with zero attached hydrogens (tertiary/aromatic N) is 3. The summed E-state index contributed by atoms with van der Waals surface area (Å²) in [7, 11) is 0. The minimum absolute atomic E-state index is 0.168. The Balaban J connectivity index is 1.94. The van der Waals surface area contributed by atoms with Crippen LogP contribution >= 0.6 is 0 Å². The lowest BCUT2D eigenvalue weighted by Gasteiger charge is -2.11. The smallest absolute Gasteiger partial charge is 0.232 e. The molecule has 0 spiro atoms. The number of benzene rings is 1. The number of fused-ring (bicyclic) bond motifs is 1. The minimum atomic E-state index is -0.473. The number of aliphatic hydroxyl groups is 1. The number of aromatic nitrogens is 3. The Kier molecular flexibility index (Phi) is 3.66. The summed E-state index contributed by atoms with van der Waals surface area (Å²) in [6.45, 7) is 3.81. The second-order valence-electron chi connectivity index (χ2n) is 5.13. The zero-order valence-corrected chi connectivity index (χ0v) is 12.0. The van der Waals surface area contributed by atoms with Gasteiger partial charge in [0, 0.05) is 17.1 Å². The van der Waals surface area contributed by atoms with Crippen LogP contribution in [-0.4, -0.2) is 26.3 Å². The van der Waals surface area contributed by atoms with E-state index in [1.54, 1.807) is 6.20 Å². The van der Waals surface area contributed by atoms with E-state index in [4.69, 9.17) is 4.52 Å². The molecular weight excluding hydrogens is 266 g/mol. The Morgan fingerprint density at radius 3 is 2.95 bits per heavy atom. The SMILES string of the molecule is CCC(O)C(C)c1nc(-c2ccc3ncccc3c2)no1. The minimum Gasteiger partial charge on any atom is -0.392 e. The number of hydrogen-bond donors (Lipinski definition) is 1. The molecule has 5 heteroatoms. The maximum absolute atomic E-state index is 9.87. The first-order valence-corrected chi connectivity index (χ1v) is 7.06. The maximum Gasteiger partial charge on any atom is 0.232 e. The van der Waals surface area contributed by atoms with Crippen LogP contribution in [0.2, 0.25) is 0 Å². The largest absolute Gasteiger partial charge is 0.392 e. The van der Waals surface area contributed by atoms with Gasteiger partial charge in [-0.25, -0.2) is 0 Å². The maximum atomic E-state index is 9.87. The highest BCUT2D eigenvalue weighted by Crippen LogP contribution is 2.25. The van der Waals surface area contributed by atoms with Crippen LogP contribution in [0.1, 0.15) is 32.1 Å². The van der Waals surface area contributed by atoms with Gasteiger partial charge in [0.15, 0.2) is 0 Å². The van der Waals surface area contributed by atoms with Gasteiger partial charge in [-0.2, -0.15) is 4.98 Å². The molecule has 0 amide bonds. The highest BCUT2D eigenvalue weighted by atomic mass is 16.5. The van der Waals surface area contributed by atoms with Gasteiger partial charge in [-0.15, -0.1) is 0 Å². The zero-order valence-electron chi connectivity index (χ0n) is 12.0. The van der Waals surface area contributed by atoms with Crippen LogP contribution in [0.5, 0.6) is 0 Å². The quantitative estimate of drug-likeness (QED) is 0.796. The Labute approximate surface area is 122 Å². The van der Waals surface area contributed by atoms with Gasteiger partial charge in [-0.05, 0) is 30.7 Å². The van der Waals surface area contributed by atoms with E-state index in [1.165, 1.54) is 0 Å². The summed E-state index contributed by atoms with van der Waals surface area (Å²) in [4.78, 5) is 8.68. The van der Waals surface area contributed by atoms with Crippen molar-refractivity contribution in [2.75, 3.05) is 0 Å². The van der Waals surface area contributed by atoms with E-state index in [0.29, 0.717) is 18.1 Å². The van der Waals surface area contributed by atoms with Crippen molar-refractivity contribution in [1.29, 1.82) is 0 Å². The first kappa shape index (κ1) is 13.7. The van der Waals surface area contributed by atoms with Crippen molar-refractivity contribution in [3.63, 3.8) is 0 Å². The van der Waals surface area contributed by atoms with Crippen molar-refractivity contribution in [3.05, 3.63) is 42.4 Å². The molecule has 0 saturated carbocycles. The predicted octanol–water partition coefficient (Wildman–Crippen LogP) is 3.16. The first-order valence-electron chi connectivity index (χ1n) is 7.06. The molecule has 0 aliphatic carbocycles. The number of aliphatic hydroxyl groups excluding tert-OH is 1. The molecule has 0 fully saturated rings. The molecule has 2 heterocycles. The van der Waals surface area contributed by atoms with E-state index >= 15 is 0 Å². The summed E-state index contributed by atoms with van der Waals surface area (Å²) >= 11 is 0. The first-order chi connectivity index (χ1) is 10.2. The van der Waals surface area contributed by atoms with Gasteiger partial charge < -0.3 is 9.63 Å². The number of hydrogen-bond acceptors (Lipinski definition) is 5. The van der Waals surface area contributed by atoms with Gasteiger partial charge in [0.25, 0.3) is 0 Å². The van der Waals surface area contributed by atoms with Crippen molar-refractivity contribution >= 4 is 10.9 Å². The van der Waals surface area contributed by atoms with E-state index in [0.717, 1.165) is 16.5 Å². The zero-order chi connectivity index (χ0) is 14.8. The van der Waals surface area contributed by atoms with Crippen LogP contribution in [0, 0.1) is 0 Å². The molecule has 1 aromatic carbocycles. The van der Waals surface area contributed by atoms with Crippen molar-refractivity contribution in [1.82, 2.24) is 15.1 Å². The van der Waals surface area contributed by atoms with Crippen LogP contribution in [-0.2, 0) is 0 Å². The molecule has 0 radical (unpaired) electrons. The molecule has 0 aliphatic heterocycles. The van der Waals surface area contributed by atoms with E-state index in [1.807, 2.05) is 44.2 Å². The van der Waals surface area contributed by atoms with E-state index < -0.39 is 6.10 Å². The molecule has 3 aromatic rings. The second kappa shape index (κ2) is 5.61. The van der Waals surface area contributed by atoms with Crippen molar-refractivity contribution < 1.29 is 9.63 Å². The van der Waals surface area contributed by atoms with Gasteiger partial charge in [-0.1, -0.05) is 25.1 Å². The topological polar surface area (TPSA) is 72.0 Å². The molecule has 5 nitrogen and oxygen atoms in total. The summed E-state index contributed by atoms with van der Waals surface area (Å²) in [5.74, 6) is 0.829. The Morgan fingerprint density at radius 1 is 1.29 bits per heavy atom. The molecular formula is C16H17N3O2. The summed E-state index contributed by atoms with van der Waals surface area (Å²) in [6, 6.07) is 9.73. The van der Waals surface area contributed by atoms with Gasteiger partial charge in [0.1, 0.15) is 0 Å². The highest BCUT2D eigenvalue weighted by molar-refractivity contribution is 5.82. The van der Waals surface area contributed by atoms with E-state index in [2.05, 4.69) is 15.1 Å². The average Bonchev–Trinajstić information content (AvgIpc) is 3.02. The summed E-state index contributed by atoms with van der Waals surface area (Å²) in [5.41, 5.74) is 1.81. The fourth-order valence-corrected chi connectivity index (χ4v) is 2.27. The third kappa shape index (κ3) is 2.64. The molecule has 21 heavy (non-hydrogen) atoms. The monoisotopic (exact) mass is 283 g/mol. The van der Waals surface area contributed by atoms with Crippen molar-refractivity contribution in [3.8, 4) is 11.4 Å². The number of pyridine rings is 1. The Hall–Kier alpha value is -2.27. The van der Waals surface area contributed by atoms with E-state index in [-0.39, 0.29) is 5.92 Å². The summed E-state index contributed by atoms with van der Waals surface area (Å²) < 4.78 is 5.28. The molecule has 1 N–H and O–H groups in total. The van der Waals surface area contributed by atoms with Gasteiger partial charge in [0.2, 0.25) is 11.7 Å².